The predicted octanol–water partition coefficient (Wildman–Crippen LogP) is 2.92. The lowest BCUT2D eigenvalue weighted by molar-refractivity contribution is 0.276. The zero-order valence-corrected chi connectivity index (χ0v) is 12.0. The molecule has 0 aliphatic heterocycles. The van der Waals surface area contributed by atoms with Gasteiger partial charge in [-0.3, -0.25) is 0 Å². The lowest BCUT2D eigenvalue weighted by Gasteiger charge is -2.16. The van der Waals surface area contributed by atoms with Gasteiger partial charge in [0.25, 0.3) is 0 Å². The number of halogens is 1. The zero-order chi connectivity index (χ0) is 15.2. The predicted molar refractivity (Wildman–Crippen MR) is 78.4 cm³/mol. The normalized spacial score (nSPS) is 11.8. The second-order valence-corrected chi connectivity index (χ2v) is 4.46. The van der Waals surface area contributed by atoms with Crippen LogP contribution in [0.3, 0.4) is 0 Å². The molecule has 2 aromatic rings. The summed E-state index contributed by atoms with van der Waals surface area (Å²) in [6, 6.07) is 11.2. The van der Waals surface area contributed by atoms with Crippen LogP contribution in [0.25, 0.3) is 0 Å². The fourth-order valence-corrected chi connectivity index (χ4v) is 1.92. The topological polar surface area (TPSA) is 53.7 Å². The molecule has 0 saturated heterocycles. The molecular formula is C16H18FNO3. The highest BCUT2D eigenvalue weighted by Gasteiger charge is 2.12. The summed E-state index contributed by atoms with van der Waals surface area (Å²) < 4.78 is 29.3. The van der Waals surface area contributed by atoms with Gasteiger partial charge in [0.1, 0.15) is 6.61 Å². The zero-order valence-electron chi connectivity index (χ0n) is 12.0. The molecule has 1 atom stereocenters. The van der Waals surface area contributed by atoms with Crippen LogP contribution in [0.15, 0.2) is 42.5 Å². The molecule has 0 aliphatic carbocycles. The van der Waals surface area contributed by atoms with Gasteiger partial charge in [-0.05, 0) is 29.8 Å². The number of rotatable bonds is 6. The Morgan fingerprint density at radius 1 is 1.00 bits per heavy atom. The van der Waals surface area contributed by atoms with E-state index >= 15 is 0 Å². The van der Waals surface area contributed by atoms with Crippen molar-refractivity contribution >= 4 is 0 Å². The Labute approximate surface area is 123 Å². The van der Waals surface area contributed by atoms with Crippen molar-refractivity contribution in [3.05, 3.63) is 53.8 Å². The number of benzene rings is 2. The highest BCUT2D eigenvalue weighted by atomic mass is 19.1. The maximum atomic E-state index is 13.5. The standard InChI is InChI=1S/C16H18FNO3/c1-19-15-8-7-11(9-16(15)20-2)13(18)10-21-14-6-4-3-5-12(14)17/h3-9,13H,10,18H2,1-2H3. The molecule has 1 unspecified atom stereocenters. The molecule has 2 aromatic carbocycles. The van der Waals surface area contributed by atoms with E-state index in [1.54, 1.807) is 44.6 Å². The summed E-state index contributed by atoms with van der Waals surface area (Å²) in [6.45, 7) is 0.163. The minimum absolute atomic E-state index is 0.163. The number of methoxy groups -OCH3 is 2. The smallest absolute Gasteiger partial charge is 0.165 e. The molecule has 2 rings (SSSR count). The van der Waals surface area contributed by atoms with Crippen molar-refractivity contribution < 1.29 is 18.6 Å². The number of nitrogens with two attached hydrogens (primary N) is 1. The molecule has 0 bridgehead atoms. The van der Waals surface area contributed by atoms with Crippen molar-refractivity contribution in [2.75, 3.05) is 20.8 Å². The lowest BCUT2D eigenvalue weighted by atomic mass is 10.1. The molecule has 0 radical (unpaired) electrons. The third-order valence-corrected chi connectivity index (χ3v) is 3.09. The molecule has 112 valence electrons. The fourth-order valence-electron chi connectivity index (χ4n) is 1.92. The summed E-state index contributed by atoms with van der Waals surface area (Å²) in [5.74, 6) is 1.00. The Hall–Kier alpha value is -2.27. The van der Waals surface area contributed by atoms with Gasteiger partial charge in [0, 0.05) is 0 Å². The van der Waals surface area contributed by atoms with Crippen molar-refractivity contribution in [3.63, 3.8) is 0 Å². The maximum Gasteiger partial charge on any atom is 0.165 e. The highest BCUT2D eigenvalue weighted by molar-refractivity contribution is 5.43. The monoisotopic (exact) mass is 291 g/mol. The van der Waals surface area contributed by atoms with Gasteiger partial charge in [0.05, 0.1) is 20.3 Å². The molecule has 5 heteroatoms. The Kier molecular flexibility index (Phi) is 5.00. The van der Waals surface area contributed by atoms with Gasteiger partial charge in [-0.15, -0.1) is 0 Å². The third-order valence-electron chi connectivity index (χ3n) is 3.09. The van der Waals surface area contributed by atoms with E-state index in [-0.39, 0.29) is 12.4 Å². The van der Waals surface area contributed by atoms with Crippen molar-refractivity contribution in [1.29, 1.82) is 0 Å². The van der Waals surface area contributed by atoms with Crippen molar-refractivity contribution in [2.45, 2.75) is 6.04 Å². The van der Waals surface area contributed by atoms with Gasteiger partial charge in [-0.1, -0.05) is 18.2 Å². The van der Waals surface area contributed by atoms with E-state index in [1.807, 2.05) is 6.07 Å². The number of para-hydroxylation sites is 1. The first-order valence-corrected chi connectivity index (χ1v) is 6.50. The Morgan fingerprint density at radius 2 is 1.71 bits per heavy atom. The van der Waals surface area contributed by atoms with Crippen LogP contribution < -0.4 is 19.9 Å². The first kappa shape index (κ1) is 15.1. The summed E-state index contributed by atoms with van der Waals surface area (Å²) in [6.07, 6.45) is 0. The molecule has 0 amide bonds. The average Bonchev–Trinajstić information content (AvgIpc) is 2.53. The Balaban J connectivity index is 2.06. The van der Waals surface area contributed by atoms with Crippen molar-refractivity contribution in [3.8, 4) is 17.2 Å². The number of ether oxygens (including phenoxy) is 3. The van der Waals surface area contributed by atoms with Crippen molar-refractivity contribution in [1.82, 2.24) is 0 Å². The fraction of sp³-hybridized carbons (Fsp3) is 0.250. The lowest BCUT2D eigenvalue weighted by Crippen LogP contribution is -2.19. The van der Waals surface area contributed by atoms with Crippen LogP contribution in [0, 0.1) is 5.82 Å². The quantitative estimate of drug-likeness (QED) is 0.889. The van der Waals surface area contributed by atoms with E-state index in [4.69, 9.17) is 19.9 Å². The molecule has 0 spiro atoms. The Bertz CT molecular complexity index is 604. The highest BCUT2D eigenvalue weighted by Crippen LogP contribution is 2.29. The average molecular weight is 291 g/mol. The summed E-state index contributed by atoms with van der Waals surface area (Å²) in [7, 11) is 3.13. The van der Waals surface area contributed by atoms with Crippen LogP contribution in [0.5, 0.6) is 17.2 Å². The molecule has 0 heterocycles. The SMILES string of the molecule is COc1ccc(C(N)COc2ccccc2F)cc1OC. The molecule has 0 fully saturated rings. The number of hydrogen-bond donors (Lipinski definition) is 1. The van der Waals surface area contributed by atoms with Crippen LogP contribution in [-0.4, -0.2) is 20.8 Å². The van der Waals surface area contributed by atoms with E-state index in [9.17, 15) is 4.39 Å². The van der Waals surface area contributed by atoms with Crippen molar-refractivity contribution in [2.24, 2.45) is 5.73 Å². The van der Waals surface area contributed by atoms with Gasteiger partial charge >= 0.3 is 0 Å². The first-order valence-electron chi connectivity index (χ1n) is 6.50. The molecule has 2 N–H and O–H groups in total. The number of hydrogen-bond acceptors (Lipinski definition) is 4. The van der Waals surface area contributed by atoms with E-state index in [0.29, 0.717) is 11.5 Å². The van der Waals surface area contributed by atoms with Crippen LogP contribution in [0.1, 0.15) is 11.6 Å². The summed E-state index contributed by atoms with van der Waals surface area (Å²) in [5, 5.41) is 0. The van der Waals surface area contributed by atoms with Gasteiger partial charge in [0.15, 0.2) is 23.1 Å². The molecule has 21 heavy (non-hydrogen) atoms. The van der Waals surface area contributed by atoms with Crippen LogP contribution in [0.4, 0.5) is 4.39 Å². The van der Waals surface area contributed by atoms with Crippen LogP contribution in [-0.2, 0) is 0 Å². The van der Waals surface area contributed by atoms with E-state index < -0.39 is 11.9 Å². The van der Waals surface area contributed by atoms with E-state index in [0.717, 1.165) is 5.56 Å². The first-order chi connectivity index (χ1) is 10.2. The Morgan fingerprint density at radius 3 is 2.38 bits per heavy atom. The van der Waals surface area contributed by atoms with Gasteiger partial charge in [0.2, 0.25) is 0 Å². The summed E-state index contributed by atoms with van der Waals surface area (Å²) in [5.41, 5.74) is 6.89. The molecule has 4 nitrogen and oxygen atoms in total. The van der Waals surface area contributed by atoms with Crippen LogP contribution >= 0.6 is 0 Å². The largest absolute Gasteiger partial charge is 0.493 e. The second-order valence-electron chi connectivity index (χ2n) is 4.46. The maximum absolute atomic E-state index is 13.5. The van der Waals surface area contributed by atoms with Gasteiger partial charge < -0.3 is 19.9 Å². The van der Waals surface area contributed by atoms with Gasteiger partial charge in [-0.25, -0.2) is 4.39 Å². The van der Waals surface area contributed by atoms with E-state index in [1.165, 1.54) is 6.07 Å². The van der Waals surface area contributed by atoms with Crippen LogP contribution in [0.2, 0.25) is 0 Å². The molecule has 0 saturated carbocycles. The minimum atomic E-state index is -0.406. The third kappa shape index (κ3) is 3.64. The summed E-state index contributed by atoms with van der Waals surface area (Å²) >= 11 is 0. The molecule has 0 aromatic heterocycles. The summed E-state index contributed by atoms with van der Waals surface area (Å²) in [4.78, 5) is 0. The minimum Gasteiger partial charge on any atom is -0.493 e. The van der Waals surface area contributed by atoms with E-state index in [2.05, 4.69) is 0 Å². The second kappa shape index (κ2) is 6.95. The molecular weight excluding hydrogens is 273 g/mol. The van der Waals surface area contributed by atoms with Gasteiger partial charge in [-0.2, -0.15) is 0 Å². The molecule has 0 aliphatic rings.